The molecule has 7 nitrogen and oxygen atoms in total. The van der Waals surface area contributed by atoms with Gasteiger partial charge in [0.05, 0.1) is 13.2 Å². The maximum Gasteiger partial charge on any atom is 0.411 e. The van der Waals surface area contributed by atoms with E-state index in [0.717, 1.165) is 6.20 Å². The number of ether oxygens (including phenoxy) is 2. The molecular formula is C10H15NO6. The highest BCUT2D eigenvalue weighted by Gasteiger charge is 2.22. The lowest BCUT2D eigenvalue weighted by molar-refractivity contribution is -0.146. The first-order valence-electron chi connectivity index (χ1n) is 4.95. The number of hydrogen-bond donors (Lipinski definition) is 1. The van der Waals surface area contributed by atoms with E-state index in [2.05, 4.69) is 9.47 Å². The molecule has 0 heterocycles. The van der Waals surface area contributed by atoms with Gasteiger partial charge >= 0.3 is 18.0 Å². The Bertz CT molecular complexity index is 316. The average Bonchev–Trinajstić information content (AvgIpc) is 2.25. The zero-order chi connectivity index (χ0) is 13.4. The molecule has 0 unspecified atom stereocenters. The molecule has 0 radical (unpaired) electrons. The fourth-order valence-electron chi connectivity index (χ4n) is 0.855. The van der Waals surface area contributed by atoms with Crippen LogP contribution in [0, 0.1) is 0 Å². The summed E-state index contributed by atoms with van der Waals surface area (Å²) in [7, 11) is 1.18. The zero-order valence-corrected chi connectivity index (χ0v) is 9.93. The van der Waals surface area contributed by atoms with Crippen LogP contribution >= 0.6 is 0 Å². The summed E-state index contributed by atoms with van der Waals surface area (Å²) in [4.78, 5) is 34.1. The summed E-state index contributed by atoms with van der Waals surface area (Å²) < 4.78 is 9.25. The van der Waals surface area contributed by atoms with Gasteiger partial charge in [-0.05, 0) is 13.8 Å². The van der Waals surface area contributed by atoms with E-state index in [4.69, 9.17) is 5.11 Å². The molecule has 7 heteroatoms. The molecule has 1 amide bonds. The van der Waals surface area contributed by atoms with Gasteiger partial charge in [0.25, 0.3) is 0 Å². The van der Waals surface area contributed by atoms with Crippen LogP contribution in [0.1, 0.15) is 13.8 Å². The summed E-state index contributed by atoms with van der Waals surface area (Å²) in [5.74, 6) is -1.84. The van der Waals surface area contributed by atoms with Crippen molar-refractivity contribution in [3.63, 3.8) is 0 Å². The summed E-state index contributed by atoms with van der Waals surface area (Å²) in [6.07, 6.45) is -0.450. The number of carbonyl (C=O) groups excluding carboxylic acids is 2. The topological polar surface area (TPSA) is 93.1 Å². The zero-order valence-electron chi connectivity index (χ0n) is 9.93. The molecule has 0 atom stereocenters. The molecule has 0 bridgehead atoms. The molecule has 0 aliphatic rings. The first-order chi connectivity index (χ1) is 7.93. The van der Waals surface area contributed by atoms with E-state index in [9.17, 15) is 14.4 Å². The van der Waals surface area contributed by atoms with Crippen molar-refractivity contribution in [2.45, 2.75) is 13.8 Å². The molecule has 0 spiro atoms. The molecular weight excluding hydrogens is 230 g/mol. The maximum atomic E-state index is 11.4. The molecule has 0 aliphatic carbocycles. The van der Waals surface area contributed by atoms with Crippen LogP contribution in [0.25, 0.3) is 0 Å². The Labute approximate surface area is 98.6 Å². The van der Waals surface area contributed by atoms with Crippen LogP contribution in [-0.2, 0) is 19.1 Å². The first-order valence-corrected chi connectivity index (χ1v) is 4.95. The van der Waals surface area contributed by atoms with Gasteiger partial charge in [0.1, 0.15) is 0 Å². The van der Waals surface area contributed by atoms with E-state index in [0.29, 0.717) is 4.90 Å². The number of nitrogens with zero attached hydrogens (tertiary/aromatic N) is 1. The van der Waals surface area contributed by atoms with E-state index >= 15 is 0 Å². The van der Waals surface area contributed by atoms with Crippen LogP contribution in [0.15, 0.2) is 11.8 Å². The molecule has 0 saturated heterocycles. The van der Waals surface area contributed by atoms with Crippen LogP contribution in [0.3, 0.4) is 0 Å². The third-order valence-corrected chi connectivity index (χ3v) is 1.62. The predicted molar refractivity (Wildman–Crippen MR) is 57.1 cm³/mol. The fraction of sp³-hybridized carbons (Fsp3) is 0.500. The molecule has 96 valence electrons. The van der Waals surface area contributed by atoms with Crippen LogP contribution in [0.2, 0.25) is 0 Å². The van der Waals surface area contributed by atoms with Crippen molar-refractivity contribution in [1.82, 2.24) is 4.90 Å². The van der Waals surface area contributed by atoms with Gasteiger partial charge in [-0.3, -0.25) is 4.90 Å². The third kappa shape index (κ3) is 5.01. The highest BCUT2D eigenvalue weighted by atomic mass is 16.6. The van der Waals surface area contributed by atoms with Gasteiger partial charge in [-0.1, -0.05) is 0 Å². The van der Waals surface area contributed by atoms with Crippen LogP contribution in [-0.4, -0.2) is 48.3 Å². The van der Waals surface area contributed by atoms with Crippen LogP contribution in [0.4, 0.5) is 4.79 Å². The van der Waals surface area contributed by atoms with Gasteiger partial charge in [-0.2, -0.15) is 0 Å². The van der Waals surface area contributed by atoms with Crippen LogP contribution < -0.4 is 0 Å². The number of hydrogen-bond acceptors (Lipinski definition) is 5. The van der Waals surface area contributed by atoms with E-state index in [-0.39, 0.29) is 13.2 Å². The number of amides is 1. The SMILES string of the molecule is CCOC(=O)C(=CN(C)C(=O)O)C(=O)OCC. The second-order valence-corrected chi connectivity index (χ2v) is 2.88. The van der Waals surface area contributed by atoms with Gasteiger partial charge in [0.2, 0.25) is 0 Å². The third-order valence-electron chi connectivity index (χ3n) is 1.62. The standard InChI is InChI=1S/C10H15NO6/c1-4-16-8(12)7(9(13)17-5-2)6-11(3)10(14)15/h6H,4-5H2,1-3H3,(H,14,15). The first kappa shape index (κ1) is 14.9. The normalized spacial score (nSPS) is 9.12. The van der Waals surface area contributed by atoms with Gasteiger partial charge in [0.15, 0.2) is 5.57 Å². The van der Waals surface area contributed by atoms with Crippen molar-refractivity contribution in [3.8, 4) is 0 Å². The molecule has 0 aliphatic heterocycles. The van der Waals surface area contributed by atoms with Crippen molar-refractivity contribution in [2.75, 3.05) is 20.3 Å². The Morgan fingerprint density at radius 2 is 1.53 bits per heavy atom. The highest BCUT2D eigenvalue weighted by Crippen LogP contribution is 2.04. The molecule has 0 rings (SSSR count). The van der Waals surface area contributed by atoms with Gasteiger partial charge in [-0.15, -0.1) is 0 Å². The number of carbonyl (C=O) groups is 3. The molecule has 17 heavy (non-hydrogen) atoms. The Kier molecular flexibility index (Phi) is 6.39. The number of rotatable bonds is 5. The second kappa shape index (κ2) is 7.26. The van der Waals surface area contributed by atoms with Crippen molar-refractivity contribution >= 4 is 18.0 Å². The Morgan fingerprint density at radius 3 is 1.82 bits per heavy atom. The lowest BCUT2D eigenvalue weighted by Gasteiger charge is -2.10. The van der Waals surface area contributed by atoms with Crippen molar-refractivity contribution in [2.24, 2.45) is 0 Å². The number of carboxylic acid groups (broad SMARTS) is 1. The summed E-state index contributed by atoms with van der Waals surface area (Å²) in [5, 5.41) is 8.63. The fourth-order valence-corrected chi connectivity index (χ4v) is 0.855. The van der Waals surface area contributed by atoms with E-state index < -0.39 is 23.6 Å². The lowest BCUT2D eigenvalue weighted by Crippen LogP contribution is -2.25. The van der Waals surface area contributed by atoms with Crippen molar-refractivity contribution in [1.29, 1.82) is 0 Å². The second-order valence-electron chi connectivity index (χ2n) is 2.88. The minimum Gasteiger partial charge on any atom is -0.465 e. The van der Waals surface area contributed by atoms with E-state index in [1.807, 2.05) is 0 Å². The lowest BCUT2D eigenvalue weighted by atomic mass is 10.3. The predicted octanol–water partition coefficient (Wildman–Crippen LogP) is 0.606. The smallest absolute Gasteiger partial charge is 0.411 e. The van der Waals surface area contributed by atoms with Gasteiger partial charge < -0.3 is 14.6 Å². The molecule has 0 aromatic heterocycles. The van der Waals surface area contributed by atoms with Crippen molar-refractivity contribution in [3.05, 3.63) is 11.8 Å². The Morgan fingerprint density at radius 1 is 1.12 bits per heavy atom. The molecule has 0 aromatic carbocycles. The van der Waals surface area contributed by atoms with Gasteiger partial charge in [0, 0.05) is 13.2 Å². The van der Waals surface area contributed by atoms with Gasteiger partial charge in [-0.25, -0.2) is 14.4 Å². The summed E-state index contributed by atoms with van der Waals surface area (Å²) >= 11 is 0. The maximum absolute atomic E-state index is 11.4. The minimum atomic E-state index is -1.31. The van der Waals surface area contributed by atoms with Crippen molar-refractivity contribution < 1.29 is 29.0 Å². The molecule has 1 N–H and O–H groups in total. The van der Waals surface area contributed by atoms with Crippen LogP contribution in [0.5, 0.6) is 0 Å². The monoisotopic (exact) mass is 245 g/mol. The average molecular weight is 245 g/mol. The largest absolute Gasteiger partial charge is 0.465 e. The van der Waals surface area contributed by atoms with E-state index in [1.165, 1.54) is 7.05 Å². The Balaban J connectivity index is 5.03. The summed E-state index contributed by atoms with van der Waals surface area (Å²) in [6, 6.07) is 0. The Hall–Kier alpha value is -2.05. The molecule has 0 fully saturated rings. The highest BCUT2D eigenvalue weighted by molar-refractivity contribution is 6.14. The quantitative estimate of drug-likeness (QED) is 0.330. The summed E-state index contributed by atoms with van der Waals surface area (Å²) in [5.41, 5.74) is -0.460. The van der Waals surface area contributed by atoms with E-state index in [1.54, 1.807) is 13.8 Å². The number of esters is 2. The summed E-state index contributed by atoms with van der Waals surface area (Å²) in [6.45, 7) is 3.29. The molecule has 0 aromatic rings. The molecule has 0 saturated carbocycles. The minimum absolute atomic E-state index is 0.0758.